The summed E-state index contributed by atoms with van der Waals surface area (Å²) in [4.78, 5) is 2.40. The highest BCUT2D eigenvalue weighted by Crippen LogP contribution is 2.57. The monoisotopic (exact) mass is 917 g/mol. The van der Waals surface area contributed by atoms with E-state index in [4.69, 9.17) is 8.83 Å². The minimum absolute atomic E-state index is 0.484. The molecule has 12 aromatic carbocycles. The lowest BCUT2D eigenvalue weighted by molar-refractivity contribution is 0.669. The van der Waals surface area contributed by atoms with E-state index in [-0.39, 0.29) is 0 Å². The standard InChI is InChI=1S/C69H43NO2/c1-3-15-50(16-4-1)69(51-17-5-2-6-18-51)61-22-12-11-21-57(61)58-43-54(35-36-62(58)69)70(52-31-23-44(24-32-52)48-29-37-63-59(41-48)67-55-19-9-7-13-46(55)27-39-65(67)71-63)53-33-25-45(26-34-53)49-30-38-64-60(42-49)68-56-20-10-8-14-47(56)28-40-66(68)72-64/h1-43H. The number of nitrogens with zero attached hydrogens (tertiary/aromatic N) is 1. The van der Waals surface area contributed by atoms with Gasteiger partial charge in [0.05, 0.1) is 5.41 Å². The van der Waals surface area contributed by atoms with Crippen molar-refractivity contribution >= 4 is 82.5 Å². The molecule has 0 N–H and O–H groups in total. The average molecular weight is 918 g/mol. The van der Waals surface area contributed by atoms with Gasteiger partial charge in [-0.05, 0) is 150 Å². The summed E-state index contributed by atoms with van der Waals surface area (Å²) in [6.45, 7) is 0. The van der Waals surface area contributed by atoms with Crippen LogP contribution in [0.3, 0.4) is 0 Å². The first kappa shape index (κ1) is 40.4. The van der Waals surface area contributed by atoms with Gasteiger partial charge in [0.2, 0.25) is 0 Å². The summed E-state index contributed by atoms with van der Waals surface area (Å²) in [5, 5.41) is 9.38. The molecule has 1 aliphatic rings. The first-order valence-corrected chi connectivity index (χ1v) is 24.7. The molecule has 2 aromatic heterocycles. The summed E-state index contributed by atoms with van der Waals surface area (Å²) in [5.74, 6) is 0. The Bertz CT molecular complexity index is 4200. The highest BCUT2D eigenvalue weighted by molar-refractivity contribution is 6.20. The van der Waals surface area contributed by atoms with Gasteiger partial charge < -0.3 is 13.7 Å². The Hall–Kier alpha value is -9.44. The topological polar surface area (TPSA) is 29.5 Å². The van der Waals surface area contributed by atoms with Gasteiger partial charge in [-0.25, -0.2) is 0 Å². The summed E-state index contributed by atoms with van der Waals surface area (Å²) in [5.41, 5.74) is 18.4. The lowest BCUT2D eigenvalue weighted by atomic mass is 9.68. The third-order valence-electron chi connectivity index (χ3n) is 15.3. The minimum atomic E-state index is -0.484. The minimum Gasteiger partial charge on any atom is -0.456 e. The first-order valence-electron chi connectivity index (χ1n) is 24.7. The van der Waals surface area contributed by atoms with Gasteiger partial charge in [-0.3, -0.25) is 0 Å². The van der Waals surface area contributed by atoms with E-state index >= 15 is 0 Å². The molecule has 0 bridgehead atoms. The predicted molar refractivity (Wildman–Crippen MR) is 299 cm³/mol. The largest absolute Gasteiger partial charge is 0.456 e. The molecule has 15 rings (SSSR count). The third-order valence-corrected chi connectivity index (χ3v) is 15.3. The summed E-state index contributed by atoms with van der Waals surface area (Å²) in [7, 11) is 0. The van der Waals surface area contributed by atoms with Crippen molar-refractivity contribution < 1.29 is 8.83 Å². The fourth-order valence-corrected chi connectivity index (χ4v) is 12.1. The van der Waals surface area contributed by atoms with Crippen molar-refractivity contribution in [3.05, 3.63) is 283 Å². The van der Waals surface area contributed by atoms with Crippen molar-refractivity contribution in [1.29, 1.82) is 0 Å². The quantitative estimate of drug-likeness (QED) is 0.160. The van der Waals surface area contributed by atoms with E-state index < -0.39 is 5.41 Å². The Balaban J connectivity index is 0.878. The maximum Gasteiger partial charge on any atom is 0.136 e. The van der Waals surface area contributed by atoms with Gasteiger partial charge in [-0.1, -0.05) is 188 Å². The molecule has 0 saturated carbocycles. The van der Waals surface area contributed by atoms with E-state index in [1.807, 2.05) is 0 Å². The second-order valence-electron chi connectivity index (χ2n) is 19.1. The number of rotatable bonds is 7. The van der Waals surface area contributed by atoms with Crippen LogP contribution in [0, 0.1) is 0 Å². The van der Waals surface area contributed by atoms with Gasteiger partial charge in [-0.2, -0.15) is 0 Å². The number of furan rings is 2. The van der Waals surface area contributed by atoms with Gasteiger partial charge in [0.1, 0.15) is 22.3 Å². The van der Waals surface area contributed by atoms with Crippen LogP contribution in [0.4, 0.5) is 17.1 Å². The second kappa shape index (κ2) is 15.8. The number of anilines is 3. The number of benzene rings is 12. The van der Waals surface area contributed by atoms with Crippen LogP contribution in [0.25, 0.3) is 98.8 Å². The molecule has 3 heteroatoms. The molecule has 1 aliphatic carbocycles. The molecule has 2 heterocycles. The first-order chi connectivity index (χ1) is 35.7. The predicted octanol–water partition coefficient (Wildman–Crippen LogP) is 19.0. The zero-order valence-corrected chi connectivity index (χ0v) is 39.1. The van der Waals surface area contributed by atoms with E-state index in [0.29, 0.717) is 0 Å². The molecule has 72 heavy (non-hydrogen) atoms. The molecule has 3 nitrogen and oxygen atoms in total. The van der Waals surface area contributed by atoms with Crippen LogP contribution < -0.4 is 4.90 Å². The normalized spacial score (nSPS) is 12.8. The van der Waals surface area contributed by atoms with E-state index in [0.717, 1.165) is 83.2 Å². The van der Waals surface area contributed by atoms with Crippen molar-refractivity contribution in [2.45, 2.75) is 5.41 Å². The van der Waals surface area contributed by atoms with Crippen LogP contribution in [0.15, 0.2) is 270 Å². The zero-order chi connectivity index (χ0) is 47.3. The van der Waals surface area contributed by atoms with Crippen LogP contribution in [0.2, 0.25) is 0 Å². The maximum atomic E-state index is 6.39. The van der Waals surface area contributed by atoms with Crippen molar-refractivity contribution in [3.63, 3.8) is 0 Å². The Morgan fingerprint density at radius 1 is 0.278 bits per heavy atom. The van der Waals surface area contributed by atoms with Gasteiger partial charge in [0.25, 0.3) is 0 Å². The molecule has 0 saturated heterocycles. The van der Waals surface area contributed by atoms with Crippen molar-refractivity contribution in [1.82, 2.24) is 0 Å². The summed E-state index contributed by atoms with van der Waals surface area (Å²) < 4.78 is 12.8. The van der Waals surface area contributed by atoms with Gasteiger partial charge >= 0.3 is 0 Å². The number of hydrogen-bond donors (Lipinski definition) is 0. The Morgan fingerprint density at radius 3 is 1.25 bits per heavy atom. The van der Waals surface area contributed by atoms with Crippen LogP contribution in [-0.4, -0.2) is 0 Å². The molecule has 14 aromatic rings. The maximum absolute atomic E-state index is 6.39. The average Bonchev–Trinajstić information content (AvgIpc) is 4.12. The molecule has 0 spiro atoms. The van der Waals surface area contributed by atoms with Crippen molar-refractivity contribution in [3.8, 4) is 33.4 Å². The number of hydrogen-bond acceptors (Lipinski definition) is 3. The van der Waals surface area contributed by atoms with Crippen molar-refractivity contribution in [2.24, 2.45) is 0 Å². The van der Waals surface area contributed by atoms with E-state index in [2.05, 4.69) is 266 Å². The lowest BCUT2D eigenvalue weighted by Gasteiger charge is -2.34. The molecule has 0 radical (unpaired) electrons. The molecular weight excluding hydrogens is 875 g/mol. The van der Waals surface area contributed by atoms with E-state index in [1.165, 1.54) is 54.9 Å². The Kier molecular flexibility index (Phi) is 8.87. The van der Waals surface area contributed by atoms with Crippen LogP contribution in [-0.2, 0) is 5.41 Å². The molecule has 0 fully saturated rings. The lowest BCUT2D eigenvalue weighted by Crippen LogP contribution is -2.28. The molecule has 0 atom stereocenters. The fraction of sp³-hybridized carbons (Fsp3) is 0.0145. The molecule has 0 amide bonds. The Morgan fingerprint density at radius 2 is 0.708 bits per heavy atom. The van der Waals surface area contributed by atoms with Crippen molar-refractivity contribution in [2.75, 3.05) is 4.90 Å². The van der Waals surface area contributed by atoms with Gasteiger partial charge in [0.15, 0.2) is 0 Å². The highest BCUT2D eigenvalue weighted by atomic mass is 16.3. The molecule has 0 aliphatic heterocycles. The molecule has 336 valence electrons. The van der Waals surface area contributed by atoms with Gasteiger partial charge in [0, 0.05) is 38.6 Å². The SMILES string of the molecule is c1ccc(C2(c3ccccc3)c3ccccc3-c3cc(N(c4ccc(-c5ccc6oc7ccc8ccccc8c7c6c5)cc4)c4ccc(-c5ccc6oc7ccc8ccccc8c7c6c5)cc4)ccc32)cc1. The molecule has 0 unspecified atom stereocenters. The number of fused-ring (bicyclic) bond motifs is 13. The fourth-order valence-electron chi connectivity index (χ4n) is 12.1. The van der Waals surface area contributed by atoms with Crippen LogP contribution >= 0.6 is 0 Å². The smallest absolute Gasteiger partial charge is 0.136 e. The summed E-state index contributed by atoms with van der Waals surface area (Å²) >= 11 is 0. The third kappa shape index (κ3) is 6.04. The summed E-state index contributed by atoms with van der Waals surface area (Å²) in [6, 6.07) is 94.9. The van der Waals surface area contributed by atoms with E-state index in [9.17, 15) is 0 Å². The highest BCUT2D eigenvalue weighted by Gasteiger charge is 2.46. The zero-order valence-electron chi connectivity index (χ0n) is 39.1. The Labute approximate surface area is 416 Å². The summed E-state index contributed by atoms with van der Waals surface area (Å²) in [6.07, 6.45) is 0. The van der Waals surface area contributed by atoms with E-state index in [1.54, 1.807) is 0 Å². The molecular formula is C69H43NO2. The van der Waals surface area contributed by atoms with Gasteiger partial charge in [-0.15, -0.1) is 0 Å². The second-order valence-corrected chi connectivity index (χ2v) is 19.1. The van der Waals surface area contributed by atoms with Crippen LogP contribution in [0.1, 0.15) is 22.3 Å². The van der Waals surface area contributed by atoms with Crippen LogP contribution in [0.5, 0.6) is 0 Å².